The van der Waals surface area contributed by atoms with Crippen LogP contribution in [0.25, 0.3) is 0 Å². The zero-order valence-corrected chi connectivity index (χ0v) is 14.3. The maximum atomic E-state index is 6.24. The number of nitrogens with two attached hydrogens (primary N) is 1. The van der Waals surface area contributed by atoms with E-state index in [1.165, 1.54) is 25.7 Å². The Bertz CT molecular complexity index is 279. The van der Waals surface area contributed by atoms with Gasteiger partial charge in [-0.3, -0.25) is 4.90 Å². The molecule has 1 aliphatic carbocycles. The molecule has 3 atom stereocenters. The lowest BCUT2D eigenvalue weighted by atomic mass is 9.69. The van der Waals surface area contributed by atoms with E-state index in [0.29, 0.717) is 11.5 Å². The van der Waals surface area contributed by atoms with Gasteiger partial charge < -0.3 is 5.73 Å². The van der Waals surface area contributed by atoms with Gasteiger partial charge in [-0.15, -0.1) is 0 Å². The van der Waals surface area contributed by atoms with Gasteiger partial charge in [-0.05, 0) is 44.1 Å². The highest BCUT2D eigenvalue weighted by atomic mass is 15.2. The molecular formula is C17H36N2. The summed E-state index contributed by atoms with van der Waals surface area (Å²) >= 11 is 0. The molecule has 3 unspecified atom stereocenters. The third kappa shape index (κ3) is 3.72. The summed E-state index contributed by atoms with van der Waals surface area (Å²) in [5.74, 6) is 1.62. The molecule has 1 aliphatic rings. The van der Waals surface area contributed by atoms with Gasteiger partial charge in [0.15, 0.2) is 0 Å². The third-order valence-corrected chi connectivity index (χ3v) is 5.76. The average Bonchev–Trinajstić information content (AvgIpc) is 2.35. The minimum Gasteiger partial charge on any atom is -0.329 e. The van der Waals surface area contributed by atoms with E-state index in [1.807, 2.05) is 0 Å². The number of nitrogens with zero attached hydrogens (tertiary/aromatic N) is 1. The van der Waals surface area contributed by atoms with Crippen molar-refractivity contribution in [1.29, 1.82) is 0 Å². The molecule has 0 aromatic rings. The van der Waals surface area contributed by atoms with Crippen LogP contribution in [-0.2, 0) is 0 Å². The molecule has 1 rings (SSSR count). The Morgan fingerprint density at radius 1 is 1.26 bits per heavy atom. The fourth-order valence-corrected chi connectivity index (χ4v) is 3.60. The summed E-state index contributed by atoms with van der Waals surface area (Å²) in [6, 6.07) is 0.557. The highest BCUT2D eigenvalue weighted by molar-refractivity contribution is 4.99. The normalized spacial score (nSPS) is 30.9. The van der Waals surface area contributed by atoms with E-state index in [9.17, 15) is 0 Å². The van der Waals surface area contributed by atoms with Gasteiger partial charge in [-0.25, -0.2) is 0 Å². The number of likely N-dealkylation sites (N-methyl/N-ethyl adjacent to an activating group) is 1. The van der Waals surface area contributed by atoms with E-state index in [0.717, 1.165) is 18.4 Å². The highest BCUT2D eigenvalue weighted by Gasteiger charge is 2.42. The molecule has 0 radical (unpaired) electrons. The van der Waals surface area contributed by atoms with Gasteiger partial charge in [0, 0.05) is 18.1 Å². The molecule has 1 fully saturated rings. The Morgan fingerprint density at radius 3 is 2.26 bits per heavy atom. The standard InChI is InChI=1S/C17H36N2/c1-13(2)15-9-8-10-17(11-15,12-18)19(7)14(3)16(4,5)6/h13-15H,8-12,18H2,1-7H3. The van der Waals surface area contributed by atoms with Gasteiger partial charge in [-0.1, -0.05) is 47.5 Å². The van der Waals surface area contributed by atoms with E-state index >= 15 is 0 Å². The van der Waals surface area contributed by atoms with Crippen molar-refractivity contribution in [2.24, 2.45) is 23.0 Å². The molecule has 2 N–H and O–H groups in total. The van der Waals surface area contributed by atoms with Crippen molar-refractivity contribution in [2.75, 3.05) is 13.6 Å². The van der Waals surface area contributed by atoms with Gasteiger partial charge >= 0.3 is 0 Å². The molecule has 0 saturated heterocycles. The summed E-state index contributed by atoms with van der Waals surface area (Å²) in [4.78, 5) is 2.60. The van der Waals surface area contributed by atoms with Crippen LogP contribution in [-0.4, -0.2) is 30.1 Å². The Hall–Kier alpha value is -0.0800. The summed E-state index contributed by atoms with van der Waals surface area (Å²) < 4.78 is 0. The lowest BCUT2D eigenvalue weighted by Gasteiger charge is -2.52. The van der Waals surface area contributed by atoms with Crippen LogP contribution in [0.15, 0.2) is 0 Å². The topological polar surface area (TPSA) is 29.3 Å². The van der Waals surface area contributed by atoms with Gasteiger partial charge in [0.05, 0.1) is 0 Å². The largest absolute Gasteiger partial charge is 0.329 e. The molecular weight excluding hydrogens is 232 g/mol. The molecule has 0 spiro atoms. The smallest absolute Gasteiger partial charge is 0.0334 e. The Kier molecular flexibility index (Phi) is 5.48. The third-order valence-electron chi connectivity index (χ3n) is 5.76. The molecule has 0 aliphatic heterocycles. The first kappa shape index (κ1) is 17.0. The summed E-state index contributed by atoms with van der Waals surface area (Å²) in [6.07, 6.45) is 5.26. The van der Waals surface area contributed by atoms with Crippen molar-refractivity contribution in [3.63, 3.8) is 0 Å². The number of hydrogen-bond donors (Lipinski definition) is 1. The van der Waals surface area contributed by atoms with Gasteiger partial charge in [0.25, 0.3) is 0 Å². The van der Waals surface area contributed by atoms with Crippen molar-refractivity contribution < 1.29 is 0 Å². The van der Waals surface area contributed by atoms with Crippen molar-refractivity contribution in [2.45, 2.75) is 78.8 Å². The van der Waals surface area contributed by atoms with Crippen LogP contribution >= 0.6 is 0 Å². The lowest BCUT2D eigenvalue weighted by Crippen LogP contribution is -2.60. The van der Waals surface area contributed by atoms with Crippen LogP contribution in [0.2, 0.25) is 0 Å². The fourth-order valence-electron chi connectivity index (χ4n) is 3.60. The first-order valence-electron chi connectivity index (χ1n) is 8.07. The molecule has 19 heavy (non-hydrogen) atoms. The average molecular weight is 268 g/mol. The molecule has 114 valence electrons. The second-order valence-corrected chi connectivity index (χ2v) is 8.18. The van der Waals surface area contributed by atoms with Crippen molar-refractivity contribution in [3.05, 3.63) is 0 Å². The Labute approximate surface area is 121 Å². The van der Waals surface area contributed by atoms with E-state index < -0.39 is 0 Å². The molecule has 0 aromatic carbocycles. The van der Waals surface area contributed by atoms with Crippen molar-refractivity contribution >= 4 is 0 Å². The lowest BCUT2D eigenvalue weighted by molar-refractivity contribution is -0.0129. The highest BCUT2D eigenvalue weighted by Crippen LogP contribution is 2.41. The van der Waals surface area contributed by atoms with E-state index in [4.69, 9.17) is 5.73 Å². The van der Waals surface area contributed by atoms with Gasteiger partial charge in [0.1, 0.15) is 0 Å². The maximum absolute atomic E-state index is 6.24. The minimum absolute atomic E-state index is 0.222. The number of hydrogen-bond acceptors (Lipinski definition) is 2. The van der Waals surface area contributed by atoms with Crippen LogP contribution in [0, 0.1) is 17.3 Å². The summed E-state index contributed by atoms with van der Waals surface area (Å²) in [5.41, 5.74) is 6.77. The molecule has 1 saturated carbocycles. The van der Waals surface area contributed by atoms with E-state index in [-0.39, 0.29) is 5.54 Å². The van der Waals surface area contributed by atoms with Crippen LogP contribution < -0.4 is 5.73 Å². The second kappa shape index (κ2) is 6.13. The van der Waals surface area contributed by atoms with Gasteiger partial charge in [-0.2, -0.15) is 0 Å². The molecule has 0 bridgehead atoms. The van der Waals surface area contributed by atoms with Crippen molar-refractivity contribution in [3.8, 4) is 0 Å². The SMILES string of the molecule is CC(C)C1CCCC(CN)(N(C)C(C)C(C)(C)C)C1. The van der Waals surface area contributed by atoms with E-state index in [1.54, 1.807) is 0 Å². The maximum Gasteiger partial charge on any atom is 0.0334 e. The molecule has 2 heteroatoms. The van der Waals surface area contributed by atoms with Crippen LogP contribution in [0.1, 0.15) is 67.2 Å². The Balaban J connectivity index is 2.90. The minimum atomic E-state index is 0.222. The monoisotopic (exact) mass is 268 g/mol. The zero-order chi connectivity index (χ0) is 14.8. The van der Waals surface area contributed by atoms with Crippen LogP contribution in [0.4, 0.5) is 0 Å². The predicted octanol–water partition coefficient (Wildman–Crippen LogP) is 3.90. The predicted molar refractivity (Wildman–Crippen MR) is 85.3 cm³/mol. The fraction of sp³-hybridized carbons (Fsp3) is 1.00. The van der Waals surface area contributed by atoms with Crippen LogP contribution in [0.5, 0.6) is 0 Å². The molecule has 0 heterocycles. The van der Waals surface area contributed by atoms with Gasteiger partial charge in [0.2, 0.25) is 0 Å². The summed E-state index contributed by atoms with van der Waals surface area (Å²) in [7, 11) is 2.30. The van der Waals surface area contributed by atoms with E-state index in [2.05, 4.69) is 53.5 Å². The first-order chi connectivity index (χ1) is 8.64. The summed E-state index contributed by atoms with van der Waals surface area (Å²) in [5, 5.41) is 0. The second-order valence-electron chi connectivity index (χ2n) is 8.18. The summed E-state index contributed by atoms with van der Waals surface area (Å²) in [6.45, 7) is 14.9. The number of rotatable bonds is 4. The first-order valence-corrected chi connectivity index (χ1v) is 8.07. The molecule has 0 amide bonds. The van der Waals surface area contributed by atoms with Crippen molar-refractivity contribution in [1.82, 2.24) is 4.90 Å². The molecule has 0 aromatic heterocycles. The quantitative estimate of drug-likeness (QED) is 0.838. The Morgan fingerprint density at radius 2 is 1.84 bits per heavy atom. The van der Waals surface area contributed by atoms with Crippen LogP contribution in [0.3, 0.4) is 0 Å². The zero-order valence-electron chi connectivity index (χ0n) is 14.3. The molecule has 2 nitrogen and oxygen atoms in total.